The molecule has 0 aliphatic rings. The molecule has 0 atom stereocenters. The highest BCUT2D eigenvalue weighted by Gasteiger charge is 2.15. The van der Waals surface area contributed by atoms with Gasteiger partial charge in [0.05, 0.1) is 5.69 Å². The monoisotopic (exact) mass is 258 g/mol. The van der Waals surface area contributed by atoms with Crippen LogP contribution in [0.15, 0.2) is 36.5 Å². The zero-order chi connectivity index (χ0) is 13.8. The molecule has 1 aromatic heterocycles. The fraction of sp³-hybridized carbons (Fsp3) is 0.143. The number of pyridine rings is 1. The Morgan fingerprint density at radius 1 is 1.37 bits per heavy atom. The number of nitrogens with zero attached hydrogens (tertiary/aromatic N) is 1. The first kappa shape index (κ1) is 12.9. The summed E-state index contributed by atoms with van der Waals surface area (Å²) < 4.78 is 5.52. The molecular weight excluding hydrogens is 244 g/mol. The van der Waals surface area contributed by atoms with E-state index in [-0.39, 0.29) is 23.6 Å². The van der Waals surface area contributed by atoms with Crippen LogP contribution in [0.2, 0.25) is 0 Å². The van der Waals surface area contributed by atoms with Crippen molar-refractivity contribution >= 4 is 11.7 Å². The maximum Gasteiger partial charge on any atom is 0.341 e. The first-order valence-corrected chi connectivity index (χ1v) is 5.74. The van der Waals surface area contributed by atoms with E-state index in [0.29, 0.717) is 0 Å². The van der Waals surface area contributed by atoms with Gasteiger partial charge in [-0.2, -0.15) is 0 Å². The van der Waals surface area contributed by atoms with Crippen LogP contribution in [0.25, 0.3) is 0 Å². The molecule has 0 radical (unpaired) electrons. The van der Waals surface area contributed by atoms with E-state index in [1.807, 2.05) is 19.1 Å². The second kappa shape index (κ2) is 5.39. The first-order valence-electron chi connectivity index (χ1n) is 5.74. The summed E-state index contributed by atoms with van der Waals surface area (Å²) in [7, 11) is 0. The summed E-state index contributed by atoms with van der Waals surface area (Å²) in [5, 5.41) is 9.12. The molecule has 0 bridgehead atoms. The van der Waals surface area contributed by atoms with Gasteiger partial charge in [0.2, 0.25) is 0 Å². The van der Waals surface area contributed by atoms with Crippen LogP contribution in [0.5, 0.6) is 5.75 Å². The second-order valence-corrected chi connectivity index (χ2v) is 4.08. The van der Waals surface area contributed by atoms with Gasteiger partial charge in [-0.25, -0.2) is 4.79 Å². The highest BCUT2D eigenvalue weighted by atomic mass is 16.5. The Labute approximate surface area is 110 Å². The summed E-state index contributed by atoms with van der Waals surface area (Å²) in [6.07, 6.45) is 1.67. The Kier molecular flexibility index (Phi) is 3.66. The third kappa shape index (κ3) is 2.82. The van der Waals surface area contributed by atoms with Crippen molar-refractivity contribution in [2.45, 2.75) is 13.5 Å². The minimum absolute atomic E-state index is 0.0175. The van der Waals surface area contributed by atoms with Crippen LogP contribution in [-0.2, 0) is 6.61 Å². The number of benzene rings is 1. The van der Waals surface area contributed by atoms with Crippen molar-refractivity contribution in [1.29, 1.82) is 0 Å². The quantitative estimate of drug-likeness (QED) is 0.821. The number of hydrogen-bond donors (Lipinski definition) is 2. The average molecular weight is 258 g/mol. The molecule has 0 amide bonds. The van der Waals surface area contributed by atoms with Crippen LogP contribution in [0, 0.1) is 6.92 Å². The van der Waals surface area contributed by atoms with Crippen molar-refractivity contribution in [3.63, 3.8) is 0 Å². The van der Waals surface area contributed by atoms with E-state index in [9.17, 15) is 4.79 Å². The van der Waals surface area contributed by atoms with Crippen molar-refractivity contribution < 1.29 is 14.6 Å². The molecule has 1 heterocycles. The molecule has 2 rings (SSSR count). The lowest BCUT2D eigenvalue weighted by atomic mass is 10.1. The molecule has 0 aliphatic carbocycles. The Morgan fingerprint density at radius 2 is 2.16 bits per heavy atom. The van der Waals surface area contributed by atoms with E-state index in [2.05, 4.69) is 4.98 Å². The lowest BCUT2D eigenvalue weighted by molar-refractivity contribution is 0.0693. The molecule has 0 unspecified atom stereocenters. The van der Waals surface area contributed by atoms with Gasteiger partial charge in [-0.3, -0.25) is 4.98 Å². The second-order valence-electron chi connectivity index (χ2n) is 4.08. The molecular formula is C14H14N2O3. The molecule has 0 saturated heterocycles. The van der Waals surface area contributed by atoms with E-state index >= 15 is 0 Å². The minimum atomic E-state index is -1.11. The number of carboxylic acid groups (broad SMARTS) is 1. The highest BCUT2D eigenvalue weighted by Crippen LogP contribution is 2.25. The van der Waals surface area contributed by atoms with E-state index in [4.69, 9.17) is 15.6 Å². The first-order chi connectivity index (χ1) is 9.09. The molecule has 5 nitrogen and oxygen atoms in total. The van der Waals surface area contributed by atoms with E-state index in [0.717, 1.165) is 11.3 Å². The fourth-order valence-corrected chi connectivity index (χ4v) is 1.71. The molecule has 3 N–H and O–H groups in total. The number of hydrogen-bond acceptors (Lipinski definition) is 4. The lowest BCUT2D eigenvalue weighted by Crippen LogP contribution is -2.08. The Bertz CT molecular complexity index is 611. The predicted molar refractivity (Wildman–Crippen MR) is 71.1 cm³/mol. The summed E-state index contributed by atoms with van der Waals surface area (Å²) >= 11 is 0. The predicted octanol–water partition coefficient (Wildman–Crippen LogP) is 2.25. The average Bonchev–Trinajstić information content (AvgIpc) is 2.37. The number of aromatic nitrogens is 1. The highest BCUT2D eigenvalue weighted by molar-refractivity contribution is 5.96. The molecule has 0 spiro atoms. The Hall–Kier alpha value is -2.56. The maximum absolute atomic E-state index is 11.1. The molecule has 98 valence electrons. The number of rotatable bonds is 4. The van der Waals surface area contributed by atoms with Crippen LogP contribution in [0.1, 0.15) is 21.6 Å². The number of carbonyl (C=O) groups is 1. The van der Waals surface area contributed by atoms with E-state index in [1.165, 1.54) is 6.07 Å². The summed E-state index contributed by atoms with van der Waals surface area (Å²) in [4.78, 5) is 15.3. The molecule has 0 aliphatic heterocycles. The van der Waals surface area contributed by atoms with Crippen LogP contribution < -0.4 is 10.5 Å². The van der Waals surface area contributed by atoms with Crippen LogP contribution in [-0.4, -0.2) is 16.1 Å². The summed E-state index contributed by atoms with van der Waals surface area (Å²) in [5.74, 6) is -0.858. The number of nitrogens with two attached hydrogens (primary N) is 1. The van der Waals surface area contributed by atoms with Crippen molar-refractivity contribution in [2.75, 3.05) is 5.73 Å². The third-order valence-corrected chi connectivity index (χ3v) is 2.75. The van der Waals surface area contributed by atoms with Gasteiger partial charge in [0.1, 0.15) is 17.9 Å². The number of anilines is 1. The SMILES string of the molecule is Cc1cccnc1COc1cccc(N)c1C(=O)O. The normalized spacial score (nSPS) is 10.2. The van der Waals surface area contributed by atoms with Gasteiger partial charge in [0, 0.05) is 11.9 Å². The number of ether oxygens (including phenoxy) is 1. The summed E-state index contributed by atoms with van der Waals surface area (Å²) in [6, 6.07) is 8.52. The van der Waals surface area contributed by atoms with Crippen LogP contribution in [0.3, 0.4) is 0 Å². The molecule has 1 aromatic carbocycles. The summed E-state index contributed by atoms with van der Waals surface area (Å²) in [6.45, 7) is 2.12. The maximum atomic E-state index is 11.1. The van der Waals surface area contributed by atoms with Gasteiger partial charge in [-0.1, -0.05) is 12.1 Å². The third-order valence-electron chi connectivity index (χ3n) is 2.75. The number of aryl methyl sites for hydroxylation is 1. The van der Waals surface area contributed by atoms with Crippen molar-refractivity contribution in [3.05, 3.63) is 53.3 Å². The molecule has 0 saturated carbocycles. The number of aromatic carboxylic acids is 1. The van der Waals surface area contributed by atoms with Crippen molar-refractivity contribution in [1.82, 2.24) is 4.98 Å². The molecule has 5 heteroatoms. The smallest absolute Gasteiger partial charge is 0.341 e. The van der Waals surface area contributed by atoms with Gasteiger partial charge < -0.3 is 15.6 Å². The van der Waals surface area contributed by atoms with E-state index in [1.54, 1.807) is 18.3 Å². The Morgan fingerprint density at radius 3 is 2.84 bits per heavy atom. The van der Waals surface area contributed by atoms with Gasteiger partial charge in [0.15, 0.2) is 0 Å². The molecule has 0 fully saturated rings. The standard InChI is InChI=1S/C14H14N2O3/c1-9-4-3-7-16-11(9)8-19-12-6-2-5-10(15)13(12)14(17)18/h2-7H,8,15H2,1H3,(H,17,18). The Balaban J connectivity index is 2.23. The van der Waals surface area contributed by atoms with Crippen LogP contribution in [0.4, 0.5) is 5.69 Å². The lowest BCUT2D eigenvalue weighted by Gasteiger charge is -2.11. The van der Waals surface area contributed by atoms with Crippen molar-refractivity contribution in [2.24, 2.45) is 0 Å². The van der Waals surface area contributed by atoms with Gasteiger partial charge >= 0.3 is 5.97 Å². The molecule has 2 aromatic rings. The zero-order valence-corrected chi connectivity index (χ0v) is 10.5. The van der Waals surface area contributed by atoms with Gasteiger partial charge in [0.25, 0.3) is 0 Å². The topological polar surface area (TPSA) is 85.4 Å². The molecule has 19 heavy (non-hydrogen) atoms. The minimum Gasteiger partial charge on any atom is -0.486 e. The van der Waals surface area contributed by atoms with Gasteiger partial charge in [-0.15, -0.1) is 0 Å². The van der Waals surface area contributed by atoms with Crippen molar-refractivity contribution in [3.8, 4) is 5.75 Å². The number of nitrogen functional groups attached to an aromatic ring is 1. The number of carboxylic acids is 1. The van der Waals surface area contributed by atoms with Gasteiger partial charge in [-0.05, 0) is 30.7 Å². The fourth-order valence-electron chi connectivity index (χ4n) is 1.71. The zero-order valence-electron chi connectivity index (χ0n) is 10.5. The largest absolute Gasteiger partial charge is 0.486 e. The summed E-state index contributed by atoms with van der Waals surface area (Å²) in [5.41, 5.74) is 7.56. The van der Waals surface area contributed by atoms with E-state index < -0.39 is 5.97 Å². The van der Waals surface area contributed by atoms with Crippen LogP contribution >= 0.6 is 0 Å².